The fraction of sp³-hybridized carbons (Fsp3) is 0.286. The zero-order chi connectivity index (χ0) is 13.7. The molecule has 0 fully saturated rings. The van der Waals surface area contributed by atoms with E-state index in [-0.39, 0.29) is 5.97 Å². The first-order valence-corrected chi connectivity index (χ1v) is 6.99. The summed E-state index contributed by atoms with van der Waals surface area (Å²) >= 11 is 1.45. The summed E-state index contributed by atoms with van der Waals surface area (Å²) in [6, 6.07) is 8.13. The molecule has 0 unspecified atom stereocenters. The molecule has 4 nitrogen and oxygen atoms in total. The highest BCUT2D eigenvalue weighted by Crippen LogP contribution is 2.24. The number of thiazole rings is 1. The van der Waals surface area contributed by atoms with Crippen LogP contribution in [0.5, 0.6) is 0 Å². The number of benzene rings is 1. The van der Waals surface area contributed by atoms with E-state index in [1.54, 1.807) is 12.3 Å². The lowest BCUT2D eigenvalue weighted by Gasteiger charge is -2.01. The van der Waals surface area contributed by atoms with E-state index in [9.17, 15) is 4.79 Å². The maximum Gasteiger partial charge on any atom is 0.357 e. The van der Waals surface area contributed by atoms with Crippen LogP contribution in [0.15, 0.2) is 29.6 Å². The molecule has 0 amide bonds. The van der Waals surface area contributed by atoms with Gasteiger partial charge in [-0.05, 0) is 19.5 Å². The molecule has 1 aromatic carbocycles. The van der Waals surface area contributed by atoms with Crippen LogP contribution in [-0.2, 0) is 11.3 Å². The zero-order valence-corrected chi connectivity index (χ0v) is 11.8. The maximum absolute atomic E-state index is 11.5. The quantitative estimate of drug-likeness (QED) is 0.853. The van der Waals surface area contributed by atoms with Gasteiger partial charge in [0.1, 0.15) is 5.01 Å². The number of nitrogens with zero attached hydrogens (tertiary/aromatic N) is 1. The molecule has 5 heteroatoms. The summed E-state index contributed by atoms with van der Waals surface area (Å²) < 4.78 is 4.93. The van der Waals surface area contributed by atoms with Gasteiger partial charge in [-0.15, -0.1) is 11.3 Å². The first-order valence-electron chi connectivity index (χ1n) is 6.11. The van der Waals surface area contributed by atoms with Crippen LogP contribution in [0, 0.1) is 0 Å². The molecule has 0 aliphatic heterocycles. The van der Waals surface area contributed by atoms with Gasteiger partial charge in [0, 0.05) is 17.5 Å². The van der Waals surface area contributed by atoms with Crippen molar-refractivity contribution in [2.45, 2.75) is 13.5 Å². The van der Waals surface area contributed by atoms with Crippen molar-refractivity contribution in [3.8, 4) is 10.6 Å². The largest absolute Gasteiger partial charge is 0.461 e. The molecular formula is C14H16N2O2S. The van der Waals surface area contributed by atoms with Crippen molar-refractivity contribution in [1.29, 1.82) is 0 Å². The highest BCUT2D eigenvalue weighted by molar-refractivity contribution is 7.13. The molecule has 1 aromatic heterocycles. The molecule has 0 saturated heterocycles. The molecule has 1 heterocycles. The number of rotatable bonds is 5. The van der Waals surface area contributed by atoms with E-state index in [0.717, 1.165) is 17.1 Å². The summed E-state index contributed by atoms with van der Waals surface area (Å²) in [5.41, 5.74) is 2.61. The normalized spacial score (nSPS) is 10.4. The highest BCUT2D eigenvalue weighted by Gasteiger charge is 2.12. The number of hydrogen-bond donors (Lipinski definition) is 1. The Kier molecular flexibility index (Phi) is 4.65. The van der Waals surface area contributed by atoms with E-state index in [1.165, 1.54) is 16.9 Å². The fourth-order valence-electron chi connectivity index (χ4n) is 1.67. The first-order chi connectivity index (χ1) is 9.24. The molecule has 0 saturated carbocycles. The Morgan fingerprint density at radius 1 is 1.37 bits per heavy atom. The van der Waals surface area contributed by atoms with Gasteiger partial charge in [0.05, 0.1) is 6.61 Å². The number of carbonyl (C=O) groups excluding carboxylic acids is 1. The van der Waals surface area contributed by atoms with E-state index in [1.807, 2.05) is 19.2 Å². The van der Waals surface area contributed by atoms with Crippen LogP contribution in [0.4, 0.5) is 0 Å². The monoisotopic (exact) mass is 276 g/mol. The van der Waals surface area contributed by atoms with E-state index in [2.05, 4.69) is 22.4 Å². The summed E-state index contributed by atoms with van der Waals surface area (Å²) in [6.45, 7) is 2.99. The Bertz CT molecular complexity index is 549. The third-order valence-corrected chi connectivity index (χ3v) is 3.46. The predicted octanol–water partition coefficient (Wildman–Crippen LogP) is 2.71. The van der Waals surface area contributed by atoms with Gasteiger partial charge in [-0.25, -0.2) is 9.78 Å². The lowest BCUT2D eigenvalue weighted by atomic mass is 10.1. The van der Waals surface area contributed by atoms with E-state index in [0.29, 0.717) is 12.3 Å². The van der Waals surface area contributed by atoms with Crippen molar-refractivity contribution in [3.05, 3.63) is 40.9 Å². The SMILES string of the molecule is CCOC(=O)c1csc(-c2ccc(CNC)cc2)n1. The maximum atomic E-state index is 11.5. The number of ether oxygens (including phenoxy) is 1. The Hall–Kier alpha value is -1.72. The second-order valence-corrected chi connectivity index (χ2v) is 4.84. The number of carbonyl (C=O) groups is 1. The lowest BCUT2D eigenvalue weighted by molar-refractivity contribution is 0.0520. The summed E-state index contributed by atoms with van der Waals surface area (Å²) in [5, 5.41) is 5.67. The van der Waals surface area contributed by atoms with Crippen molar-refractivity contribution in [2.24, 2.45) is 0 Å². The van der Waals surface area contributed by atoms with Gasteiger partial charge >= 0.3 is 5.97 Å². The molecule has 1 N–H and O–H groups in total. The first kappa shape index (κ1) is 13.7. The minimum Gasteiger partial charge on any atom is -0.461 e. The van der Waals surface area contributed by atoms with Crippen LogP contribution < -0.4 is 5.32 Å². The molecule has 2 aromatic rings. The fourth-order valence-corrected chi connectivity index (χ4v) is 2.47. The van der Waals surface area contributed by atoms with E-state index < -0.39 is 0 Å². The van der Waals surface area contributed by atoms with Gasteiger partial charge in [0.2, 0.25) is 0 Å². The smallest absolute Gasteiger partial charge is 0.357 e. The van der Waals surface area contributed by atoms with Crippen LogP contribution in [0.25, 0.3) is 10.6 Å². The van der Waals surface area contributed by atoms with Crippen molar-refractivity contribution < 1.29 is 9.53 Å². The molecule has 2 rings (SSSR count). The van der Waals surface area contributed by atoms with Gasteiger partial charge in [-0.3, -0.25) is 0 Å². The third kappa shape index (κ3) is 3.39. The summed E-state index contributed by atoms with van der Waals surface area (Å²) in [5.74, 6) is -0.364. The standard InChI is InChI=1S/C14H16N2O2S/c1-3-18-14(17)12-9-19-13(16-12)11-6-4-10(5-7-11)8-15-2/h4-7,9,15H,3,8H2,1-2H3. The van der Waals surface area contributed by atoms with Crippen LogP contribution in [0.2, 0.25) is 0 Å². The minimum absolute atomic E-state index is 0.364. The molecular weight excluding hydrogens is 260 g/mol. The summed E-state index contributed by atoms with van der Waals surface area (Å²) in [7, 11) is 1.92. The summed E-state index contributed by atoms with van der Waals surface area (Å²) in [6.07, 6.45) is 0. The van der Waals surface area contributed by atoms with Crippen LogP contribution in [0.3, 0.4) is 0 Å². The average Bonchev–Trinajstić information content (AvgIpc) is 2.90. The van der Waals surface area contributed by atoms with Gasteiger partial charge in [0.25, 0.3) is 0 Å². The lowest BCUT2D eigenvalue weighted by Crippen LogP contribution is -2.05. The van der Waals surface area contributed by atoms with E-state index >= 15 is 0 Å². The van der Waals surface area contributed by atoms with Crippen LogP contribution >= 0.6 is 11.3 Å². The molecule has 0 radical (unpaired) electrons. The zero-order valence-electron chi connectivity index (χ0n) is 11.0. The Morgan fingerprint density at radius 3 is 2.74 bits per heavy atom. The number of aromatic nitrogens is 1. The average molecular weight is 276 g/mol. The number of hydrogen-bond acceptors (Lipinski definition) is 5. The molecule has 0 bridgehead atoms. The van der Waals surface area contributed by atoms with Crippen molar-refractivity contribution in [2.75, 3.05) is 13.7 Å². The van der Waals surface area contributed by atoms with Crippen molar-refractivity contribution >= 4 is 17.3 Å². The Balaban J connectivity index is 2.15. The second kappa shape index (κ2) is 6.45. The van der Waals surface area contributed by atoms with Gasteiger partial charge in [-0.2, -0.15) is 0 Å². The third-order valence-electron chi connectivity index (χ3n) is 2.57. The summed E-state index contributed by atoms with van der Waals surface area (Å²) in [4.78, 5) is 15.8. The van der Waals surface area contributed by atoms with Gasteiger partial charge < -0.3 is 10.1 Å². The van der Waals surface area contributed by atoms with Crippen molar-refractivity contribution in [3.63, 3.8) is 0 Å². The van der Waals surface area contributed by atoms with Gasteiger partial charge in [0.15, 0.2) is 5.69 Å². The topological polar surface area (TPSA) is 51.2 Å². The molecule has 100 valence electrons. The molecule has 0 atom stereocenters. The molecule has 0 aliphatic carbocycles. The van der Waals surface area contributed by atoms with Crippen molar-refractivity contribution in [1.82, 2.24) is 10.3 Å². The Morgan fingerprint density at radius 2 is 2.11 bits per heavy atom. The Labute approximate surface area is 116 Å². The van der Waals surface area contributed by atoms with Gasteiger partial charge in [-0.1, -0.05) is 24.3 Å². The predicted molar refractivity (Wildman–Crippen MR) is 76.3 cm³/mol. The number of nitrogens with one attached hydrogen (secondary N) is 1. The number of esters is 1. The van der Waals surface area contributed by atoms with E-state index in [4.69, 9.17) is 4.74 Å². The molecule has 0 spiro atoms. The van der Waals surface area contributed by atoms with Crippen LogP contribution in [-0.4, -0.2) is 24.6 Å². The molecule has 19 heavy (non-hydrogen) atoms. The van der Waals surface area contributed by atoms with Crippen LogP contribution in [0.1, 0.15) is 23.0 Å². The second-order valence-electron chi connectivity index (χ2n) is 3.99. The molecule has 0 aliphatic rings. The minimum atomic E-state index is -0.364. The highest BCUT2D eigenvalue weighted by atomic mass is 32.1.